The van der Waals surface area contributed by atoms with Gasteiger partial charge in [0.2, 0.25) is 0 Å². The van der Waals surface area contributed by atoms with Crippen molar-refractivity contribution in [3.8, 4) is 0 Å². The maximum absolute atomic E-state index is 12.2. The smallest absolute Gasteiger partial charge is 0.323 e. The Morgan fingerprint density at radius 3 is 2.57 bits per heavy atom. The summed E-state index contributed by atoms with van der Waals surface area (Å²) in [5.74, 6) is 1.66. The number of nitrogens with zero attached hydrogens (tertiary/aromatic N) is 5. The van der Waals surface area contributed by atoms with Crippen molar-refractivity contribution < 1.29 is 4.79 Å². The number of hydrogen-bond acceptors (Lipinski definition) is 4. The number of carbonyl (C=O) groups excluding carboxylic acids is 1. The van der Waals surface area contributed by atoms with Gasteiger partial charge < -0.3 is 9.80 Å². The molecule has 3 rings (SSSR count). The van der Waals surface area contributed by atoms with Gasteiger partial charge in [-0.15, -0.1) is 0 Å². The molecular weight excluding hydrogens is 268 g/mol. The Hall–Kier alpha value is -2.57. The van der Waals surface area contributed by atoms with E-state index < -0.39 is 0 Å². The van der Waals surface area contributed by atoms with Crippen molar-refractivity contribution in [2.45, 2.75) is 0 Å². The zero-order valence-corrected chi connectivity index (χ0v) is 11.9. The van der Waals surface area contributed by atoms with E-state index in [0.29, 0.717) is 18.9 Å². The fraction of sp³-hybridized carbons (Fsp3) is 0.357. The lowest BCUT2D eigenvalue weighted by Gasteiger charge is -2.35. The van der Waals surface area contributed by atoms with Gasteiger partial charge in [-0.05, 0) is 12.1 Å². The molecule has 0 aromatic carbocycles. The summed E-state index contributed by atoms with van der Waals surface area (Å²) in [6.07, 6.45) is 3.45. The van der Waals surface area contributed by atoms with E-state index in [4.69, 9.17) is 0 Å². The lowest BCUT2D eigenvalue weighted by Crippen LogP contribution is -2.50. The van der Waals surface area contributed by atoms with Gasteiger partial charge in [-0.2, -0.15) is 5.10 Å². The average Bonchev–Trinajstić information content (AvgIpc) is 2.93. The normalized spacial score (nSPS) is 15.1. The van der Waals surface area contributed by atoms with Gasteiger partial charge in [0.05, 0.1) is 6.20 Å². The fourth-order valence-corrected chi connectivity index (χ4v) is 2.36. The van der Waals surface area contributed by atoms with Crippen LogP contribution in [-0.2, 0) is 7.05 Å². The Morgan fingerprint density at radius 1 is 1.14 bits per heavy atom. The second kappa shape index (κ2) is 5.82. The minimum atomic E-state index is -0.0840. The van der Waals surface area contributed by atoms with Crippen LogP contribution in [0.1, 0.15) is 0 Å². The molecule has 0 radical (unpaired) electrons. The summed E-state index contributed by atoms with van der Waals surface area (Å²) in [5.41, 5.74) is 0. The van der Waals surface area contributed by atoms with Gasteiger partial charge in [-0.3, -0.25) is 10.00 Å². The van der Waals surface area contributed by atoms with Crippen molar-refractivity contribution >= 4 is 17.7 Å². The number of aromatic nitrogens is 3. The third kappa shape index (κ3) is 2.96. The van der Waals surface area contributed by atoms with E-state index in [1.807, 2.05) is 23.1 Å². The van der Waals surface area contributed by atoms with Crippen LogP contribution in [0.25, 0.3) is 0 Å². The second-order valence-corrected chi connectivity index (χ2v) is 4.93. The topological polar surface area (TPSA) is 66.3 Å². The monoisotopic (exact) mass is 286 g/mol. The molecule has 0 unspecified atom stereocenters. The van der Waals surface area contributed by atoms with Crippen molar-refractivity contribution in [3.63, 3.8) is 0 Å². The first-order valence-corrected chi connectivity index (χ1v) is 6.94. The van der Waals surface area contributed by atoms with Crippen LogP contribution in [0.3, 0.4) is 0 Å². The summed E-state index contributed by atoms with van der Waals surface area (Å²) < 4.78 is 1.64. The quantitative estimate of drug-likeness (QED) is 0.900. The molecule has 0 atom stereocenters. The van der Waals surface area contributed by atoms with Crippen molar-refractivity contribution in [2.24, 2.45) is 7.05 Å². The Balaban J connectivity index is 1.56. The second-order valence-electron chi connectivity index (χ2n) is 4.93. The average molecular weight is 286 g/mol. The Bertz CT molecular complexity index is 603. The molecule has 0 saturated carbocycles. The van der Waals surface area contributed by atoms with Crippen LogP contribution < -0.4 is 10.2 Å². The molecule has 2 aromatic heterocycles. The van der Waals surface area contributed by atoms with E-state index in [0.717, 1.165) is 18.9 Å². The van der Waals surface area contributed by atoms with Gasteiger partial charge in [-0.1, -0.05) is 6.07 Å². The van der Waals surface area contributed by atoms with E-state index in [2.05, 4.69) is 20.3 Å². The van der Waals surface area contributed by atoms with E-state index in [9.17, 15) is 4.79 Å². The molecule has 110 valence electrons. The van der Waals surface area contributed by atoms with Crippen LogP contribution >= 0.6 is 0 Å². The highest BCUT2D eigenvalue weighted by atomic mass is 16.2. The maximum Gasteiger partial charge on any atom is 0.323 e. The van der Waals surface area contributed by atoms with Crippen LogP contribution in [0.2, 0.25) is 0 Å². The number of hydrogen-bond donors (Lipinski definition) is 1. The molecule has 1 fully saturated rings. The van der Waals surface area contributed by atoms with Crippen molar-refractivity contribution in [2.75, 3.05) is 36.4 Å². The summed E-state index contributed by atoms with van der Waals surface area (Å²) in [4.78, 5) is 20.5. The number of urea groups is 1. The lowest BCUT2D eigenvalue weighted by atomic mass is 10.3. The SMILES string of the molecule is Cn1nccc1NC(=O)N1CCN(c2ccccn2)CC1. The number of pyridine rings is 1. The Kier molecular flexibility index (Phi) is 3.72. The molecule has 3 heterocycles. The summed E-state index contributed by atoms with van der Waals surface area (Å²) in [6, 6.07) is 7.57. The van der Waals surface area contributed by atoms with E-state index in [-0.39, 0.29) is 6.03 Å². The van der Waals surface area contributed by atoms with Crippen LogP contribution in [0.5, 0.6) is 0 Å². The molecule has 2 amide bonds. The van der Waals surface area contributed by atoms with Gasteiger partial charge in [0.1, 0.15) is 11.6 Å². The van der Waals surface area contributed by atoms with Crippen molar-refractivity contribution in [1.82, 2.24) is 19.7 Å². The highest BCUT2D eigenvalue weighted by Gasteiger charge is 2.22. The predicted octanol–water partition coefficient (Wildman–Crippen LogP) is 1.17. The number of nitrogens with one attached hydrogen (secondary N) is 1. The number of piperazine rings is 1. The standard InChI is InChI=1S/C14H18N6O/c1-18-13(5-7-16-18)17-14(21)20-10-8-19(9-11-20)12-4-2-3-6-15-12/h2-7H,8-11H2,1H3,(H,17,21). The van der Waals surface area contributed by atoms with E-state index in [1.54, 1.807) is 30.2 Å². The molecule has 0 bridgehead atoms. The van der Waals surface area contributed by atoms with Crippen LogP contribution in [0, 0.1) is 0 Å². The molecule has 2 aromatic rings. The number of aryl methyl sites for hydroxylation is 1. The third-order valence-corrected chi connectivity index (χ3v) is 3.60. The molecule has 7 nitrogen and oxygen atoms in total. The summed E-state index contributed by atoms with van der Waals surface area (Å²) in [5, 5.41) is 6.90. The first-order valence-electron chi connectivity index (χ1n) is 6.94. The van der Waals surface area contributed by atoms with Crippen LogP contribution in [0.4, 0.5) is 16.4 Å². The molecule has 7 heteroatoms. The fourth-order valence-electron chi connectivity index (χ4n) is 2.36. The summed E-state index contributed by atoms with van der Waals surface area (Å²) >= 11 is 0. The number of carbonyl (C=O) groups is 1. The molecule has 1 N–H and O–H groups in total. The van der Waals surface area contributed by atoms with E-state index >= 15 is 0 Å². The van der Waals surface area contributed by atoms with Gasteiger partial charge in [0.25, 0.3) is 0 Å². The van der Waals surface area contributed by atoms with Crippen molar-refractivity contribution in [3.05, 3.63) is 36.7 Å². The molecular formula is C14H18N6O. The molecule has 0 spiro atoms. The maximum atomic E-state index is 12.2. The molecule has 1 saturated heterocycles. The lowest BCUT2D eigenvalue weighted by molar-refractivity contribution is 0.208. The molecule has 21 heavy (non-hydrogen) atoms. The Labute approximate surface area is 123 Å². The van der Waals surface area contributed by atoms with Crippen LogP contribution in [0.15, 0.2) is 36.7 Å². The minimum absolute atomic E-state index is 0.0840. The van der Waals surface area contributed by atoms with E-state index in [1.165, 1.54) is 0 Å². The highest BCUT2D eigenvalue weighted by molar-refractivity contribution is 5.88. The first kappa shape index (κ1) is 13.4. The van der Waals surface area contributed by atoms with Crippen LogP contribution in [-0.4, -0.2) is 51.9 Å². The molecule has 1 aliphatic rings. The zero-order chi connectivity index (χ0) is 14.7. The number of rotatable bonds is 2. The molecule has 1 aliphatic heterocycles. The number of anilines is 2. The summed E-state index contributed by atoms with van der Waals surface area (Å²) in [6.45, 7) is 2.94. The minimum Gasteiger partial charge on any atom is -0.353 e. The van der Waals surface area contributed by atoms with Gasteiger partial charge in [0, 0.05) is 45.5 Å². The van der Waals surface area contributed by atoms with Gasteiger partial charge in [0.15, 0.2) is 0 Å². The summed E-state index contributed by atoms with van der Waals surface area (Å²) in [7, 11) is 1.80. The zero-order valence-electron chi connectivity index (χ0n) is 11.9. The van der Waals surface area contributed by atoms with Gasteiger partial charge in [-0.25, -0.2) is 9.78 Å². The predicted molar refractivity (Wildman–Crippen MR) is 80.2 cm³/mol. The third-order valence-electron chi connectivity index (χ3n) is 3.60. The largest absolute Gasteiger partial charge is 0.353 e. The molecule has 0 aliphatic carbocycles. The Morgan fingerprint density at radius 2 is 1.95 bits per heavy atom. The van der Waals surface area contributed by atoms with Crippen molar-refractivity contribution in [1.29, 1.82) is 0 Å². The van der Waals surface area contributed by atoms with Gasteiger partial charge >= 0.3 is 6.03 Å². The number of amides is 2. The first-order chi connectivity index (χ1) is 10.2. The highest BCUT2D eigenvalue weighted by Crippen LogP contribution is 2.13.